The number of carbonyl (C=O) groups excluding carboxylic acids is 1. The topological polar surface area (TPSA) is 58.6 Å². The van der Waals surface area contributed by atoms with Gasteiger partial charge in [-0.3, -0.25) is 0 Å². The first-order valence-electron chi connectivity index (χ1n) is 5.81. The van der Waals surface area contributed by atoms with Gasteiger partial charge in [-0.15, -0.1) is 0 Å². The van der Waals surface area contributed by atoms with Gasteiger partial charge in [-0.2, -0.15) is 0 Å². The summed E-state index contributed by atoms with van der Waals surface area (Å²) < 4.78 is 13.4. The predicted molar refractivity (Wildman–Crippen MR) is 58.3 cm³/mol. The van der Waals surface area contributed by atoms with E-state index in [9.17, 15) is 0 Å². The molecular formula is C11H24O4Zr. The Morgan fingerprint density at radius 2 is 1.44 bits per heavy atom. The van der Waals surface area contributed by atoms with Crippen molar-refractivity contribution >= 4 is 5.97 Å². The summed E-state index contributed by atoms with van der Waals surface area (Å²) in [6.07, 6.45) is 4.78. The number of rotatable bonds is 8. The normalized spacial score (nSPS) is 9.25. The van der Waals surface area contributed by atoms with Gasteiger partial charge < -0.3 is 9.90 Å². The molecule has 0 bridgehead atoms. The van der Waals surface area contributed by atoms with Crippen LogP contribution in [-0.4, -0.2) is 19.2 Å². The number of hydrogen-bond acceptors (Lipinski definition) is 4. The maximum atomic E-state index is 8.89. The second kappa shape index (κ2) is 15.3. The van der Waals surface area contributed by atoms with Crippen LogP contribution in [-0.2, 0) is 33.1 Å². The van der Waals surface area contributed by atoms with Gasteiger partial charge in [0.25, 0.3) is 0 Å². The van der Waals surface area contributed by atoms with E-state index in [1.165, 1.54) is 25.7 Å². The molecule has 0 rings (SSSR count). The van der Waals surface area contributed by atoms with Crippen LogP contribution < -0.4 is 5.11 Å². The van der Waals surface area contributed by atoms with Crippen molar-refractivity contribution in [1.82, 2.24) is 0 Å². The molecule has 0 atom stereocenters. The SMILES string of the molecule is CC(=O)[O-].CCCC[O][Zr+]([CH3])[O]CCCC. The quantitative estimate of drug-likeness (QED) is 0.642. The fourth-order valence-electron chi connectivity index (χ4n) is 0.762. The number of hydrogen-bond donors (Lipinski definition) is 0. The van der Waals surface area contributed by atoms with Crippen molar-refractivity contribution in [3.05, 3.63) is 0 Å². The van der Waals surface area contributed by atoms with Crippen LogP contribution >= 0.6 is 0 Å². The Bertz CT molecular complexity index is 139. The summed E-state index contributed by atoms with van der Waals surface area (Å²) in [4.78, 5) is 8.89. The summed E-state index contributed by atoms with van der Waals surface area (Å²) in [5, 5.41) is 8.89. The van der Waals surface area contributed by atoms with E-state index in [4.69, 9.17) is 15.5 Å². The van der Waals surface area contributed by atoms with Crippen LogP contribution in [0.15, 0.2) is 0 Å². The number of carboxylic acids is 1. The van der Waals surface area contributed by atoms with E-state index in [-0.39, 0.29) is 0 Å². The van der Waals surface area contributed by atoms with Crippen LogP contribution in [0.4, 0.5) is 0 Å². The van der Waals surface area contributed by atoms with Crippen LogP contribution in [0.5, 0.6) is 0 Å². The average Bonchev–Trinajstić information content (AvgIpc) is 2.18. The molecule has 0 aromatic rings. The Hall–Kier alpha value is 0.273. The molecule has 0 saturated carbocycles. The first-order chi connectivity index (χ1) is 7.54. The zero-order chi connectivity index (χ0) is 12.8. The molecule has 0 aromatic carbocycles. The van der Waals surface area contributed by atoms with Crippen molar-refractivity contribution < 1.29 is 38.2 Å². The Kier molecular flexibility index (Phi) is 17.8. The van der Waals surface area contributed by atoms with E-state index in [1.807, 2.05) is 0 Å². The van der Waals surface area contributed by atoms with Gasteiger partial charge in [-0.05, 0) is 6.92 Å². The molecule has 0 heterocycles. The summed E-state index contributed by atoms with van der Waals surface area (Å²) in [6, 6.07) is 0. The third kappa shape index (κ3) is 23.8. The van der Waals surface area contributed by atoms with Crippen molar-refractivity contribution in [1.29, 1.82) is 0 Å². The summed E-state index contributed by atoms with van der Waals surface area (Å²) >= 11 is -1.78. The van der Waals surface area contributed by atoms with Crippen LogP contribution in [0.2, 0.25) is 4.63 Å². The Balaban J connectivity index is 0. The molecule has 5 heteroatoms. The van der Waals surface area contributed by atoms with Gasteiger partial charge in [0.2, 0.25) is 0 Å². The fourth-order valence-corrected chi connectivity index (χ4v) is 3.09. The van der Waals surface area contributed by atoms with E-state index >= 15 is 0 Å². The molecule has 16 heavy (non-hydrogen) atoms. The molecule has 0 amide bonds. The minimum absolute atomic E-state index is 0.911. The van der Waals surface area contributed by atoms with Crippen LogP contribution in [0.3, 0.4) is 0 Å². The predicted octanol–water partition coefficient (Wildman–Crippen LogP) is 1.87. The molecule has 0 aromatic heterocycles. The number of carboxylic acid groups (broad SMARTS) is 1. The zero-order valence-corrected chi connectivity index (χ0v) is 13.3. The van der Waals surface area contributed by atoms with E-state index in [2.05, 4.69) is 18.5 Å². The van der Waals surface area contributed by atoms with Gasteiger partial charge in [-0.25, -0.2) is 0 Å². The standard InChI is InChI=1S/2C4H9O.C2H4O2.CH3.Zr/c2*1-2-3-4-5;1-2(3)4;;/h2*2-4H2,1H3;1H3,(H,3,4);1H3;/q2*-1;;;+3/p-1. The Morgan fingerprint density at radius 3 is 1.69 bits per heavy atom. The Labute approximate surface area is 108 Å². The summed E-state index contributed by atoms with van der Waals surface area (Å²) in [7, 11) is 0. The van der Waals surface area contributed by atoms with Crippen LogP contribution in [0, 0.1) is 0 Å². The molecule has 0 aliphatic heterocycles. The van der Waals surface area contributed by atoms with Gasteiger partial charge in [0.05, 0.1) is 0 Å². The monoisotopic (exact) mass is 310 g/mol. The molecule has 4 nitrogen and oxygen atoms in total. The van der Waals surface area contributed by atoms with Crippen LogP contribution in [0.25, 0.3) is 0 Å². The van der Waals surface area contributed by atoms with E-state index in [0.29, 0.717) is 0 Å². The molecule has 96 valence electrons. The first-order valence-corrected chi connectivity index (χ1v) is 10.3. The first kappa shape index (κ1) is 18.6. The molecule has 0 aliphatic rings. The molecule has 0 fully saturated rings. The fraction of sp³-hybridized carbons (Fsp3) is 0.909. The van der Waals surface area contributed by atoms with Gasteiger partial charge in [0.1, 0.15) is 0 Å². The number of carbonyl (C=O) groups is 1. The van der Waals surface area contributed by atoms with Gasteiger partial charge in [-0.1, -0.05) is 0 Å². The third-order valence-electron chi connectivity index (χ3n) is 1.61. The third-order valence-corrected chi connectivity index (χ3v) is 4.61. The average molecular weight is 312 g/mol. The summed E-state index contributed by atoms with van der Waals surface area (Å²) in [5.41, 5.74) is 0. The maximum absolute atomic E-state index is 8.89. The van der Waals surface area contributed by atoms with Crippen molar-refractivity contribution in [2.45, 2.75) is 51.1 Å². The zero-order valence-electron chi connectivity index (χ0n) is 10.9. The molecular weight excluding hydrogens is 287 g/mol. The van der Waals surface area contributed by atoms with E-state index < -0.39 is 28.6 Å². The molecule has 0 unspecified atom stereocenters. The second-order valence-corrected chi connectivity index (χ2v) is 7.22. The number of unbranched alkanes of at least 4 members (excludes halogenated alkanes) is 2. The molecule has 0 N–H and O–H groups in total. The van der Waals surface area contributed by atoms with Crippen molar-refractivity contribution in [3.8, 4) is 0 Å². The van der Waals surface area contributed by atoms with Gasteiger partial charge in [0.15, 0.2) is 0 Å². The van der Waals surface area contributed by atoms with Crippen molar-refractivity contribution in [3.63, 3.8) is 0 Å². The Morgan fingerprint density at radius 1 is 1.12 bits per heavy atom. The number of aliphatic carboxylic acids is 1. The molecule has 0 aliphatic carbocycles. The molecule has 0 saturated heterocycles. The molecule has 0 radical (unpaired) electrons. The van der Waals surface area contributed by atoms with E-state index in [1.54, 1.807) is 0 Å². The van der Waals surface area contributed by atoms with Gasteiger partial charge in [0, 0.05) is 5.97 Å². The van der Waals surface area contributed by atoms with Crippen LogP contribution in [0.1, 0.15) is 46.5 Å². The van der Waals surface area contributed by atoms with E-state index in [0.717, 1.165) is 20.1 Å². The van der Waals surface area contributed by atoms with Gasteiger partial charge >= 0.3 is 85.6 Å². The van der Waals surface area contributed by atoms with Crippen molar-refractivity contribution in [2.24, 2.45) is 0 Å². The second-order valence-electron chi connectivity index (χ2n) is 3.39. The summed E-state index contributed by atoms with van der Waals surface area (Å²) in [5.74, 6) is -1.08. The minimum atomic E-state index is -1.78. The van der Waals surface area contributed by atoms with Crippen molar-refractivity contribution in [2.75, 3.05) is 13.2 Å². The summed E-state index contributed by atoms with van der Waals surface area (Å²) in [6.45, 7) is 7.15. The molecule has 0 spiro atoms.